The average molecular weight is 362 g/mol. The Morgan fingerprint density at radius 3 is 2.31 bits per heavy atom. The van der Waals surface area contributed by atoms with Crippen molar-refractivity contribution in [1.82, 2.24) is 10.2 Å². The third kappa shape index (κ3) is 5.21. The summed E-state index contributed by atoms with van der Waals surface area (Å²) >= 11 is 0. The van der Waals surface area contributed by atoms with Crippen molar-refractivity contribution in [3.8, 4) is 5.75 Å². The number of amides is 2. The van der Waals surface area contributed by atoms with E-state index in [4.69, 9.17) is 9.47 Å². The maximum Gasteiger partial charge on any atom is 0.251 e. The SMILES string of the molecule is CCOc1ccc(C(=O)NC(C(=O)N2CCC(OC)CC2)C(C)C)cc1. The van der Waals surface area contributed by atoms with Crippen LogP contribution in [0.2, 0.25) is 0 Å². The second-order valence-corrected chi connectivity index (χ2v) is 6.91. The van der Waals surface area contributed by atoms with Crippen LogP contribution in [0.4, 0.5) is 0 Å². The smallest absolute Gasteiger partial charge is 0.251 e. The number of piperidine rings is 1. The number of nitrogens with one attached hydrogen (secondary N) is 1. The minimum Gasteiger partial charge on any atom is -0.494 e. The first kappa shape index (κ1) is 20.2. The molecule has 26 heavy (non-hydrogen) atoms. The number of likely N-dealkylation sites (tertiary alicyclic amines) is 1. The first-order valence-electron chi connectivity index (χ1n) is 9.31. The van der Waals surface area contributed by atoms with E-state index in [0.29, 0.717) is 25.3 Å². The first-order chi connectivity index (χ1) is 12.5. The van der Waals surface area contributed by atoms with E-state index in [2.05, 4.69) is 5.32 Å². The van der Waals surface area contributed by atoms with Crippen LogP contribution < -0.4 is 10.1 Å². The molecule has 1 aliphatic rings. The van der Waals surface area contributed by atoms with Crippen LogP contribution in [0, 0.1) is 5.92 Å². The Labute approximate surface area is 155 Å². The van der Waals surface area contributed by atoms with E-state index in [1.807, 2.05) is 25.7 Å². The van der Waals surface area contributed by atoms with Crippen LogP contribution in [0.1, 0.15) is 44.0 Å². The first-order valence-corrected chi connectivity index (χ1v) is 9.31. The zero-order valence-electron chi connectivity index (χ0n) is 16.2. The summed E-state index contributed by atoms with van der Waals surface area (Å²) in [5.74, 6) is 0.469. The van der Waals surface area contributed by atoms with Gasteiger partial charge in [-0.2, -0.15) is 0 Å². The number of methoxy groups -OCH3 is 1. The Kier molecular flexibility index (Phi) is 7.45. The fourth-order valence-electron chi connectivity index (χ4n) is 3.12. The zero-order chi connectivity index (χ0) is 19.1. The molecule has 1 saturated heterocycles. The number of rotatable bonds is 7. The second kappa shape index (κ2) is 9.57. The molecule has 1 aromatic carbocycles. The van der Waals surface area contributed by atoms with Crippen LogP contribution >= 0.6 is 0 Å². The standard InChI is InChI=1S/C20H30N2O4/c1-5-26-17-8-6-15(7-9-17)19(23)21-18(14(2)3)20(24)22-12-10-16(25-4)11-13-22/h6-9,14,16,18H,5,10-13H2,1-4H3,(H,21,23). The van der Waals surface area contributed by atoms with Crippen molar-refractivity contribution >= 4 is 11.8 Å². The number of carbonyl (C=O) groups excluding carboxylic acids is 2. The maximum absolute atomic E-state index is 12.9. The summed E-state index contributed by atoms with van der Waals surface area (Å²) in [5.41, 5.74) is 0.519. The highest BCUT2D eigenvalue weighted by molar-refractivity contribution is 5.97. The molecule has 144 valence electrons. The van der Waals surface area contributed by atoms with E-state index in [1.165, 1.54) is 0 Å². The molecule has 2 rings (SSSR count). The lowest BCUT2D eigenvalue weighted by molar-refractivity contribution is -0.136. The molecule has 0 radical (unpaired) electrons. The van der Waals surface area contributed by atoms with Crippen molar-refractivity contribution in [1.29, 1.82) is 0 Å². The van der Waals surface area contributed by atoms with Crippen molar-refractivity contribution in [2.75, 3.05) is 26.8 Å². The third-order valence-corrected chi connectivity index (χ3v) is 4.73. The van der Waals surface area contributed by atoms with E-state index in [-0.39, 0.29) is 23.8 Å². The van der Waals surface area contributed by atoms with Gasteiger partial charge in [-0.05, 0) is 49.9 Å². The molecule has 6 heteroatoms. The van der Waals surface area contributed by atoms with Gasteiger partial charge in [0.15, 0.2) is 0 Å². The van der Waals surface area contributed by atoms with E-state index in [9.17, 15) is 9.59 Å². The summed E-state index contributed by atoms with van der Waals surface area (Å²) in [5, 5.41) is 2.90. The summed E-state index contributed by atoms with van der Waals surface area (Å²) in [6.45, 7) is 7.72. The number of benzene rings is 1. The predicted molar refractivity (Wildman–Crippen MR) is 100 cm³/mol. The highest BCUT2D eigenvalue weighted by atomic mass is 16.5. The molecule has 1 N–H and O–H groups in total. The molecular weight excluding hydrogens is 332 g/mol. The quantitative estimate of drug-likeness (QED) is 0.809. The van der Waals surface area contributed by atoms with E-state index in [0.717, 1.165) is 18.6 Å². The monoisotopic (exact) mass is 362 g/mol. The van der Waals surface area contributed by atoms with E-state index < -0.39 is 6.04 Å². The lowest BCUT2D eigenvalue weighted by atomic mass is 10.00. The fraction of sp³-hybridized carbons (Fsp3) is 0.600. The van der Waals surface area contributed by atoms with Gasteiger partial charge in [0.05, 0.1) is 12.7 Å². The second-order valence-electron chi connectivity index (χ2n) is 6.91. The van der Waals surface area contributed by atoms with Crippen molar-refractivity contribution in [2.45, 2.75) is 45.8 Å². The summed E-state index contributed by atoms with van der Waals surface area (Å²) in [6, 6.07) is 6.42. The molecule has 0 spiro atoms. The van der Waals surface area contributed by atoms with Gasteiger partial charge in [-0.25, -0.2) is 0 Å². The van der Waals surface area contributed by atoms with Gasteiger partial charge in [0.1, 0.15) is 11.8 Å². The van der Waals surface area contributed by atoms with Crippen LogP contribution in [0.25, 0.3) is 0 Å². The van der Waals surface area contributed by atoms with Gasteiger partial charge in [0, 0.05) is 25.8 Å². The van der Waals surface area contributed by atoms with Gasteiger partial charge in [-0.15, -0.1) is 0 Å². The molecule has 1 heterocycles. The largest absolute Gasteiger partial charge is 0.494 e. The Hall–Kier alpha value is -2.08. The molecule has 1 fully saturated rings. The molecule has 2 amide bonds. The number of hydrogen-bond donors (Lipinski definition) is 1. The lowest BCUT2D eigenvalue weighted by Crippen LogP contribution is -2.53. The predicted octanol–water partition coefficient (Wildman–Crippen LogP) is 2.48. The Bertz CT molecular complexity index is 592. The number of hydrogen-bond acceptors (Lipinski definition) is 4. The summed E-state index contributed by atoms with van der Waals surface area (Å²) in [7, 11) is 1.70. The molecule has 0 aliphatic carbocycles. The van der Waals surface area contributed by atoms with Crippen LogP contribution in [-0.4, -0.2) is 55.7 Å². The molecule has 6 nitrogen and oxygen atoms in total. The van der Waals surface area contributed by atoms with Gasteiger partial charge < -0.3 is 19.7 Å². The van der Waals surface area contributed by atoms with E-state index in [1.54, 1.807) is 31.4 Å². The minimum atomic E-state index is -0.534. The molecule has 1 aliphatic heterocycles. The van der Waals surface area contributed by atoms with Gasteiger partial charge in [-0.1, -0.05) is 13.8 Å². The molecule has 0 saturated carbocycles. The molecule has 0 aromatic heterocycles. The van der Waals surface area contributed by atoms with Gasteiger partial charge in [0.2, 0.25) is 5.91 Å². The topological polar surface area (TPSA) is 67.9 Å². The maximum atomic E-state index is 12.9. The highest BCUT2D eigenvalue weighted by Crippen LogP contribution is 2.17. The van der Waals surface area contributed by atoms with Crippen LogP contribution in [0.5, 0.6) is 5.75 Å². The lowest BCUT2D eigenvalue weighted by Gasteiger charge is -2.35. The molecule has 0 bridgehead atoms. The van der Waals surface area contributed by atoms with Crippen LogP contribution in [0.15, 0.2) is 24.3 Å². The minimum absolute atomic E-state index is 0.00861. The number of carbonyl (C=O) groups is 2. The average Bonchev–Trinajstić information content (AvgIpc) is 2.66. The summed E-state index contributed by atoms with van der Waals surface area (Å²) in [4.78, 5) is 27.3. The summed E-state index contributed by atoms with van der Waals surface area (Å²) in [6.07, 6.45) is 1.88. The van der Waals surface area contributed by atoms with Gasteiger partial charge in [-0.3, -0.25) is 9.59 Å². The Morgan fingerprint density at radius 2 is 1.81 bits per heavy atom. The molecule has 1 aromatic rings. The number of ether oxygens (including phenoxy) is 2. The van der Waals surface area contributed by atoms with E-state index >= 15 is 0 Å². The molecular formula is C20H30N2O4. The molecule has 1 atom stereocenters. The Morgan fingerprint density at radius 1 is 1.19 bits per heavy atom. The van der Waals surface area contributed by atoms with Crippen LogP contribution in [-0.2, 0) is 9.53 Å². The normalized spacial score (nSPS) is 16.4. The molecule has 1 unspecified atom stereocenters. The van der Waals surface area contributed by atoms with Gasteiger partial charge in [0.25, 0.3) is 5.91 Å². The van der Waals surface area contributed by atoms with Crippen molar-refractivity contribution in [3.05, 3.63) is 29.8 Å². The van der Waals surface area contributed by atoms with Gasteiger partial charge >= 0.3 is 0 Å². The Balaban J connectivity index is 2.00. The van der Waals surface area contributed by atoms with Crippen molar-refractivity contribution < 1.29 is 19.1 Å². The fourth-order valence-corrected chi connectivity index (χ4v) is 3.12. The third-order valence-electron chi connectivity index (χ3n) is 4.73. The highest BCUT2D eigenvalue weighted by Gasteiger charge is 2.31. The van der Waals surface area contributed by atoms with Crippen molar-refractivity contribution in [3.63, 3.8) is 0 Å². The summed E-state index contributed by atoms with van der Waals surface area (Å²) < 4.78 is 10.8. The zero-order valence-corrected chi connectivity index (χ0v) is 16.2. The number of nitrogens with zero attached hydrogens (tertiary/aromatic N) is 1. The van der Waals surface area contributed by atoms with Crippen LogP contribution in [0.3, 0.4) is 0 Å². The van der Waals surface area contributed by atoms with Crippen molar-refractivity contribution in [2.24, 2.45) is 5.92 Å².